The second kappa shape index (κ2) is 8.26. The van der Waals surface area contributed by atoms with Gasteiger partial charge in [0.25, 0.3) is 11.8 Å². The number of nitrogens with two attached hydrogens (primary N) is 1. The summed E-state index contributed by atoms with van der Waals surface area (Å²) in [4.78, 5) is 36.6. The summed E-state index contributed by atoms with van der Waals surface area (Å²) in [6, 6.07) is 17.0. The number of nitrogens with one attached hydrogen (secondary N) is 1. The van der Waals surface area contributed by atoms with Gasteiger partial charge < -0.3 is 11.1 Å². The molecule has 1 heterocycles. The average molecular weight is 377 g/mol. The van der Waals surface area contributed by atoms with Gasteiger partial charge in [-0.1, -0.05) is 65.9 Å². The Morgan fingerprint density at radius 1 is 1.04 bits per heavy atom. The molecule has 3 N–H and O–H groups in total. The number of primary amides is 1. The Bertz CT molecular complexity index is 999. The fourth-order valence-electron chi connectivity index (χ4n) is 2.86. The first kappa shape index (κ1) is 19.0. The summed E-state index contributed by atoms with van der Waals surface area (Å²) in [7, 11) is 1.58. The zero-order chi connectivity index (χ0) is 20.1. The van der Waals surface area contributed by atoms with Crippen molar-refractivity contribution in [3.8, 4) is 11.3 Å². The minimum atomic E-state index is -1.10. The van der Waals surface area contributed by atoms with E-state index < -0.39 is 23.6 Å². The Hall–Kier alpha value is -3.81. The molecule has 28 heavy (non-hydrogen) atoms. The van der Waals surface area contributed by atoms with Crippen LogP contribution in [0.5, 0.6) is 0 Å². The molecule has 142 valence electrons. The Morgan fingerprint density at radius 3 is 2.25 bits per heavy atom. The van der Waals surface area contributed by atoms with Crippen molar-refractivity contribution in [2.24, 2.45) is 12.8 Å². The largest absolute Gasteiger partial charge is 0.363 e. The summed E-state index contributed by atoms with van der Waals surface area (Å²) in [6.45, 7) is 0. The lowest BCUT2D eigenvalue weighted by Gasteiger charge is -2.16. The van der Waals surface area contributed by atoms with Crippen molar-refractivity contribution in [1.29, 1.82) is 0 Å². The van der Waals surface area contributed by atoms with Crippen molar-refractivity contribution in [2.75, 3.05) is 0 Å². The molecule has 0 aliphatic rings. The van der Waals surface area contributed by atoms with E-state index in [4.69, 9.17) is 5.73 Å². The van der Waals surface area contributed by atoms with Gasteiger partial charge in [-0.25, -0.2) is 4.68 Å². The van der Waals surface area contributed by atoms with Crippen LogP contribution in [0.1, 0.15) is 16.1 Å². The van der Waals surface area contributed by atoms with Crippen molar-refractivity contribution in [3.05, 3.63) is 71.9 Å². The highest BCUT2D eigenvalue weighted by atomic mass is 16.2. The van der Waals surface area contributed by atoms with Crippen molar-refractivity contribution in [3.63, 3.8) is 0 Å². The van der Waals surface area contributed by atoms with E-state index in [0.717, 1.165) is 5.56 Å². The molecular formula is C20H19N5O3. The van der Waals surface area contributed by atoms with Crippen LogP contribution in [0.3, 0.4) is 0 Å². The lowest BCUT2D eigenvalue weighted by atomic mass is 10.0. The monoisotopic (exact) mass is 377 g/mol. The number of aromatic nitrogens is 3. The molecule has 0 radical (unpaired) electrons. The molecular weight excluding hydrogens is 358 g/mol. The van der Waals surface area contributed by atoms with Crippen LogP contribution in [0.4, 0.5) is 0 Å². The molecule has 2 aromatic carbocycles. The van der Waals surface area contributed by atoms with Crippen LogP contribution in [0.15, 0.2) is 60.7 Å². The molecule has 3 rings (SSSR count). The number of Topliss-reactive ketones (excluding diaryl/α,β-unsaturated/α-hetero) is 1. The van der Waals surface area contributed by atoms with E-state index in [-0.39, 0.29) is 12.1 Å². The molecule has 0 saturated carbocycles. The number of hydrogen-bond donors (Lipinski definition) is 2. The maximum Gasteiger partial charge on any atom is 0.287 e. The predicted molar refractivity (Wildman–Crippen MR) is 102 cm³/mol. The van der Waals surface area contributed by atoms with Crippen molar-refractivity contribution in [1.82, 2.24) is 20.3 Å². The maximum absolute atomic E-state index is 12.9. The van der Waals surface area contributed by atoms with Gasteiger partial charge in [-0.2, -0.15) is 0 Å². The SMILES string of the molecule is Cn1nnc(-c2ccccc2)c1C(=O)N[C@@H](Cc1ccccc1)C(=O)C(N)=O. The van der Waals surface area contributed by atoms with Crippen LogP contribution in [-0.4, -0.2) is 38.6 Å². The van der Waals surface area contributed by atoms with Gasteiger partial charge in [0.2, 0.25) is 5.78 Å². The first-order valence-corrected chi connectivity index (χ1v) is 8.61. The van der Waals surface area contributed by atoms with E-state index in [1.807, 2.05) is 36.4 Å². The normalized spacial score (nSPS) is 11.6. The Balaban J connectivity index is 1.89. The van der Waals surface area contributed by atoms with E-state index in [2.05, 4.69) is 15.6 Å². The number of amides is 2. The van der Waals surface area contributed by atoms with Gasteiger partial charge in [-0.15, -0.1) is 5.10 Å². The van der Waals surface area contributed by atoms with Gasteiger partial charge in [0.1, 0.15) is 11.7 Å². The zero-order valence-electron chi connectivity index (χ0n) is 15.2. The highest BCUT2D eigenvalue weighted by molar-refractivity contribution is 6.38. The summed E-state index contributed by atoms with van der Waals surface area (Å²) < 4.78 is 1.33. The molecule has 1 aromatic heterocycles. The van der Waals surface area contributed by atoms with Gasteiger partial charge in [0.05, 0.1) is 0 Å². The first-order valence-electron chi connectivity index (χ1n) is 8.61. The van der Waals surface area contributed by atoms with Gasteiger partial charge in [0, 0.05) is 19.0 Å². The lowest BCUT2D eigenvalue weighted by Crippen LogP contribution is -2.47. The van der Waals surface area contributed by atoms with E-state index >= 15 is 0 Å². The number of nitrogens with zero attached hydrogens (tertiary/aromatic N) is 3. The lowest BCUT2D eigenvalue weighted by molar-refractivity contribution is -0.137. The molecule has 0 fully saturated rings. The van der Waals surface area contributed by atoms with Crippen LogP contribution < -0.4 is 11.1 Å². The van der Waals surface area contributed by atoms with Crippen molar-refractivity contribution < 1.29 is 14.4 Å². The number of aryl methyl sites for hydroxylation is 1. The highest BCUT2D eigenvalue weighted by Crippen LogP contribution is 2.20. The fourth-order valence-corrected chi connectivity index (χ4v) is 2.86. The van der Waals surface area contributed by atoms with Crippen LogP contribution >= 0.6 is 0 Å². The van der Waals surface area contributed by atoms with E-state index in [9.17, 15) is 14.4 Å². The van der Waals surface area contributed by atoms with Gasteiger partial charge >= 0.3 is 0 Å². The summed E-state index contributed by atoms with van der Waals surface area (Å²) >= 11 is 0. The Labute approximate surface area is 161 Å². The van der Waals surface area contributed by atoms with E-state index in [1.54, 1.807) is 31.3 Å². The van der Waals surface area contributed by atoms with E-state index in [1.165, 1.54) is 4.68 Å². The van der Waals surface area contributed by atoms with Crippen LogP contribution in [0.25, 0.3) is 11.3 Å². The van der Waals surface area contributed by atoms with Crippen molar-refractivity contribution in [2.45, 2.75) is 12.5 Å². The maximum atomic E-state index is 12.9. The topological polar surface area (TPSA) is 120 Å². The van der Waals surface area contributed by atoms with Gasteiger partial charge in [-0.05, 0) is 5.56 Å². The summed E-state index contributed by atoms with van der Waals surface area (Å²) in [5.41, 5.74) is 7.22. The molecule has 0 aliphatic heterocycles. The first-order chi connectivity index (χ1) is 13.5. The Kier molecular flexibility index (Phi) is 5.59. The van der Waals surface area contributed by atoms with Crippen LogP contribution in [0, 0.1) is 0 Å². The van der Waals surface area contributed by atoms with Gasteiger partial charge in [-0.3, -0.25) is 14.4 Å². The molecule has 0 spiro atoms. The number of carbonyl (C=O) groups excluding carboxylic acids is 3. The molecule has 0 unspecified atom stereocenters. The second-order valence-electron chi connectivity index (χ2n) is 6.22. The molecule has 2 amide bonds. The fraction of sp³-hybridized carbons (Fsp3) is 0.150. The molecule has 0 aliphatic carbocycles. The van der Waals surface area contributed by atoms with Gasteiger partial charge in [0.15, 0.2) is 5.69 Å². The zero-order valence-corrected chi connectivity index (χ0v) is 15.2. The smallest absolute Gasteiger partial charge is 0.287 e. The predicted octanol–water partition coefficient (Wildman–Crippen LogP) is 0.878. The van der Waals surface area contributed by atoms with E-state index in [0.29, 0.717) is 11.3 Å². The standard InChI is InChI=1S/C20H19N5O3/c1-25-17(16(23-24-25)14-10-6-3-7-11-14)20(28)22-15(18(26)19(21)27)12-13-8-4-2-5-9-13/h2-11,15H,12H2,1H3,(H2,21,27)(H,22,28)/t15-/m0/s1. The minimum Gasteiger partial charge on any atom is -0.363 e. The number of rotatable bonds is 7. The average Bonchev–Trinajstić information content (AvgIpc) is 3.10. The third-order valence-electron chi connectivity index (χ3n) is 4.24. The molecule has 1 atom stereocenters. The molecule has 3 aromatic rings. The van der Waals surface area contributed by atoms with Crippen LogP contribution in [0.2, 0.25) is 0 Å². The summed E-state index contributed by atoms with van der Waals surface area (Å²) in [5, 5.41) is 10.6. The Morgan fingerprint density at radius 2 is 1.64 bits per heavy atom. The second-order valence-corrected chi connectivity index (χ2v) is 6.22. The number of hydrogen-bond acceptors (Lipinski definition) is 5. The number of benzene rings is 2. The summed E-state index contributed by atoms with van der Waals surface area (Å²) in [5.74, 6) is -2.54. The highest BCUT2D eigenvalue weighted by Gasteiger charge is 2.28. The quantitative estimate of drug-likeness (QED) is 0.592. The summed E-state index contributed by atoms with van der Waals surface area (Å²) in [6.07, 6.45) is 0.139. The van der Waals surface area contributed by atoms with Crippen molar-refractivity contribution >= 4 is 17.6 Å². The number of carbonyl (C=O) groups is 3. The molecule has 8 nitrogen and oxygen atoms in total. The number of ketones is 1. The molecule has 0 bridgehead atoms. The minimum absolute atomic E-state index is 0.139. The third kappa shape index (κ3) is 4.12. The third-order valence-corrected chi connectivity index (χ3v) is 4.24. The molecule has 0 saturated heterocycles. The van der Waals surface area contributed by atoms with Crippen LogP contribution in [-0.2, 0) is 23.1 Å². The molecule has 8 heteroatoms.